The van der Waals surface area contributed by atoms with Crippen molar-refractivity contribution in [2.24, 2.45) is 0 Å². The van der Waals surface area contributed by atoms with Gasteiger partial charge < -0.3 is 14.7 Å². The van der Waals surface area contributed by atoms with Crippen LogP contribution in [0.4, 0.5) is 0 Å². The van der Waals surface area contributed by atoms with Crippen LogP contribution in [0.1, 0.15) is 12.5 Å². The minimum atomic E-state index is -0.372. The molecular formula is C16H17ClO4. The number of hydrogen-bond donors (Lipinski definition) is 1. The smallest absolute Gasteiger partial charge is 0.165 e. The summed E-state index contributed by atoms with van der Waals surface area (Å²) >= 11 is 5.92. The van der Waals surface area contributed by atoms with Crippen LogP contribution < -0.4 is 9.62 Å². The molecule has 0 amide bonds. The Morgan fingerprint density at radius 1 is 1.10 bits per heavy atom. The molecule has 0 aliphatic carbocycles. The standard InChI is InChI=1S/C16H17ClO4/c1-12(10-18)20-21-16-7-5-15(6-8-16)19-11-13-3-2-4-14(17)9-13/h2-9,12,18H,10-11H2,1H3. The molecule has 0 aliphatic heterocycles. The quantitative estimate of drug-likeness (QED) is 0.627. The van der Waals surface area contributed by atoms with Gasteiger partial charge in [-0.15, -0.1) is 0 Å². The monoisotopic (exact) mass is 308 g/mol. The summed E-state index contributed by atoms with van der Waals surface area (Å²) in [5, 5.41) is 9.51. The predicted octanol–water partition coefficient (Wildman–Crippen LogP) is 3.61. The molecule has 21 heavy (non-hydrogen) atoms. The van der Waals surface area contributed by atoms with Crippen LogP contribution in [0.3, 0.4) is 0 Å². The summed E-state index contributed by atoms with van der Waals surface area (Å²) < 4.78 is 5.65. The molecule has 112 valence electrons. The van der Waals surface area contributed by atoms with Crippen molar-refractivity contribution >= 4 is 11.6 Å². The van der Waals surface area contributed by atoms with Crippen molar-refractivity contribution in [2.45, 2.75) is 19.6 Å². The summed E-state index contributed by atoms with van der Waals surface area (Å²) in [7, 11) is 0. The van der Waals surface area contributed by atoms with E-state index in [1.54, 1.807) is 31.2 Å². The van der Waals surface area contributed by atoms with Gasteiger partial charge in [-0.1, -0.05) is 23.7 Å². The topological polar surface area (TPSA) is 47.9 Å². The van der Waals surface area contributed by atoms with Crippen molar-refractivity contribution in [1.29, 1.82) is 0 Å². The minimum Gasteiger partial charge on any atom is -0.489 e. The molecule has 0 heterocycles. The molecule has 2 rings (SSSR count). The molecule has 0 fully saturated rings. The molecule has 2 aromatic rings. The van der Waals surface area contributed by atoms with Gasteiger partial charge in [0.2, 0.25) is 0 Å². The summed E-state index contributed by atoms with van der Waals surface area (Å²) in [6.07, 6.45) is -0.372. The van der Waals surface area contributed by atoms with Crippen LogP contribution in [0.2, 0.25) is 5.02 Å². The van der Waals surface area contributed by atoms with Gasteiger partial charge in [-0.25, -0.2) is 0 Å². The average molecular weight is 309 g/mol. The Kier molecular flexibility index (Phi) is 5.87. The highest BCUT2D eigenvalue weighted by atomic mass is 35.5. The second-order valence-corrected chi connectivity index (χ2v) is 5.00. The third kappa shape index (κ3) is 5.27. The van der Waals surface area contributed by atoms with Crippen molar-refractivity contribution in [1.82, 2.24) is 0 Å². The number of benzene rings is 2. The Morgan fingerprint density at radius 2 is 1.81 bits per heavy atom. The second-order valence-electron chi connectivity index (χ2n) is 4.56. The fraction of sp³-hybridized carbons (Fsp3) is 0.250. The lowest BCUT2D eigenvalue weighted by atomic mass is 10.2. The van der Waals surface area contributed by atoms with Crippen molar-refractivity contribution in [3.63, 3.8) is 0 Å². The molecule has 0 aliphatic rings. The van der Waals surface area contributed by atoms with E-state index in [1.165, 1.54) is 0 Å². The van der Waals surface area contributed by atoms with Crippen LogP contribution in [-0.4, -0.2) is 17.8 Å². The number of halogens is 1. The van der Waals surface area contributed by atoms with Crippen LogP contribution >= 0.6 is 11.6 Å². The van der Waals surface area contributed by atoms with Gasteiger partial charge in [0.05, 0.1) is 6.61 Å². The van der Waals surface area contributed by atoms with Crippen LogP contribution in [0, 0.1) is 0 Å². The number of ether oxygens (including phenoxy) is 1. The van der Waals surface area contributed by atoms with E-state index in [9.17, 15) is 0 Å². The molecule has 2 aromatic carbocycles. The molecule has 0 saturated carbocycles. The Bertz CT molecular complexity index is 556. The highest BCUT2D eigenvalue weighted by Crippen LogP contribution is 2.20. The van der Waals surface area contributed by atoms with Crippen molar-refractivity contribution < 1.29 is 19.6 Å². The van der Waals surface area contributed by atoms with Crippen molar-refractivity contribution in [3.05, 3.63) is 59.1 Å². The van der Waals surface area contributed by atoms with Gasteiger partial charge in [0, 0.05) is 5.02 Å². The van der Waals surface area contributed by atoms with Gasteiger partial charge in [0.1, 0.15) is 18.5 Å². The number of rotatable bonds is 7. The summed E-state index contributed by atoms with van der Waals surface area (Å²) in [5.74, 6) is 1.27. The third-order valence-corrected chi connectivity index (χ3v) is 2.92. The lowest BCUT2D eigenvalue weighted by Gasteiger charge is -2.10. The van der Waals surface area contributed by atoms with E-state index in [4.69, 9.17) is 31.2 Å². The lowest BCUT2D eigenvalue weighted by molar-refractivity contribution is -0.246. The molecule has 1 atom stereocenters. The van der Waals surface area contributed by atoms with Gasteiger partial charge in [-0.2, -0.15) is 4.89 Å². The number of hydrogen-bond acceptors (Lipinski definition) is 4. The Morgan fingerprint density at radius 3 is 2.48 bits per heavy atom. The van der Waals surface area contributed by atoms with Gasteiger partial charge >= 0.3 is 0 Å². The maximum atomic E-state index is 8.82. The first kappa shape index (κ1) is 15.6. The van der Waals surface area contributed by atoms with E-state index in [1.807, 2.05) is 24.3 Å². The molecule has 1 N–H and O–H groups in total. The van der Waals surface area contributed by atoms with E-state index in [0.717, 1.165) is 11.3 Å². The molecule has 0 spiro atoms. The van der Waals surface area contributed by atoms with Crippen LogP contribution in [0.25, 0.3) is 0 Å². The lowest BCUT2D eigenvalue weighted by Crippen LogP contribution is -2.15. The van der Waals surface area contributed by atoms with Crippen LogP contribution in [0.5, 0.6) is 11.5 Å². The van der Waals surface area contributed by atoms with Crippen molar-refractivity contribution in [3.8, 4) is 11.5 Å². The number of aliphatic hydroxyl groups is 1. The first-order chi connectivity index (χ1) is 10.2. The molecule has 5 heteroatoms. The summed E-state index contributed by atoms with van der Waals surface area (Å²) in [6.45, 7) is 2.06. The summed E-state index contributed by atoms with van der Waals surface area (Å²) in [6, 6.07) is 14.6. The van der Waals surface area contributed by atoms with E-state index in [-0.39, 0.29) is 12.7 Å². The van der Waals surface area contributed by atoms with Crippen molar-refractivity contribution in [2.75, 3.05) is 6.61 Å². The molecular weight excluding hydrogens is 292 g/mol. The molecule has 0 aromatic heterocycles. The highest BCUT2D eigenvalue weighted by Gasteiger charge is 2.03. The fourth-order valence-electron chi connectivity index (χ4n) is 1.55. The minimum absolute atomic E-state index is 0.0964. The second kappa shape index (κ2) is 7.88. The van der Waals surface area contributed by atoms with E-state index in [2.05, 4.69) is 0 Å². The predicted molar refractivity (Wildman–Crippen MR) is 80.5 cm³/mol. The molecule has 0 radical (unpaired) electrons. The summed E-state index contributed by atoms with van der Waals surface area (Å²) in [4.78, 5) is 10.0. The maximum absolute atomic E-state index is 8.82. The largest absolute Gasteiger partial charge is 0.489 e. The van der Waals surface area contributed by atoms with Crippen LogP contribution in [0.15, 0.2) is 48.5 Å². The van der Waals surface area contributed by atoms with E-state index < -0.39 is 0 Å². The van der Waals surface area contributed by atoms with E-state index >= 15 is 0 Å². The molecule has 4 nitrogen and oxygen atoms in total. The normalized spacial score (nSPS) is 12.0. The van der Waals surface area contributed by atoms with Gasteiger partial charge in [-0.3, -0.25) is 0 Å². The average Bonchev–Trinajstić information content (AvgIpc) is 2.51. The zero-order valence-electron chi connectivity index (χ0n) is 11.7. The highest BCUT2D eigenvalue weighted by molar-refractivity contribution is 6.30. The Balaban J connectivity index is 1.85. The maximum Gasteiger partial charge on any atom is 0.165 e. The molecule has 1 unspecified atom stereocenters. The molecule has 0 bridgehead atoms. The van der Waals surface area contributed by atoms with Gasteiger partial charge in [-0.05, 0) is 48.9 Å². The first-order valence-electron chi connectivity index (χ1n) is 6.59. The first-order valence-corrected chi connectivity index (χ1v) is 6.96. The van der Waals surface area contributed by atoms with E-state index in [0.29, 0.717) is 17.4 Å². The van der Waals surface area contributed by atoms with Crippen LogP contribution in [-0.2, 0) is 11.5 Å². The fourth-order valence-corrected chi connectivity index (χ4v) is 1.77. The molecule has 0 saturated heterocycles. The zero-order valence-corrected chi connectivity index (χ0v) is 12.4. The Hall–Kier alpha value is -1.75. The zero-order chi connectivity index (χ0) is 15.1. The summed E-state index contributed by atoms with van der Waals surface area (Å²) in [5.41, 5.74) is 1.00. The van der Waals surface area contributed by atoms with Gasteiger partial charge in [0.25, 0.3) is 0 Å². The Labute approximate surface area is 128 Å². The van der Waals surface area contributed by atoms with Gasteiger partial charge in [0.15, 0.2) is 5.75 Å². The SMILES string of the molecule is CC(CO)OOc1ccc(OCc2cccc(Cl)c2)cc1. The third-order valence-electron chi connectivity index (χ3n) is 2.68. The number of aliphatic hydroxyl groups excluding tert-OH is 1.